The van der Waals surface area contributed by atoms with E-state index in [4.69, 9.17) is 15.4 Å². The molecule has 0 radical (unpaired) electrons. The molecule has 1 heterocycles. The zero-order valence-electron chi connectivity index (χ0n) is 17.8. The van der Waals surface area contributed by atoms with E-state index in [9.17, 15) is 9.59 Å². The molecule has 1 aromatic carbocycles. The number of nitrogens with zero attached hydrogens (tertiary/aromatic N) is 3. The van der Waals surface area contributed by atoms with Crippen molar-refractivity contribution < 1.29 is 19.6 Å². The van der Waals surface area contributed by atoms with Crippen LogP contribution < -0.4 is 10.6 Å². The number of nitrogens with one attached hydrogen (secondary N) is 2. The molecule has 0 saturated carbocycles. The fraction of sp³-hybridized carbons (Fsp3) is 0.476. The van der Waals surface area contributed by atoms with Gasteiger partial charge in [0.15, 0.2) is 6.34 Å². The maximum absolute atomic E-state index is 12.3. The Kier molecular flexibility index (Phi) is 7.66. The number of nitriles is 1. The largest absolute Gasteiger partial charge is 0.444 e. The number of hydrogen-bond donors (Lipinski definition) is 3. The van der Waals surface area contributed by atoms with Crippen molar-refractivity contribution in [2.24, 2.45) is 10.9 Å². The van der Waals surface area contributed by atoms with E-state index in [1.807, 2.05) is 33.8 Å². The lowest BCUT2D eigenvalue weighted by molar-refractivity contribution is -0.432. The molecule has 1 aliphatic rings. The van der Waals surface area contributed by atoms with Gasteiger partial charge >= 0.3 is 6.09 Å². The molecule has 1 fully saturated rings. The number of amidine groups is 1. The maximum atomic E-state index is 12.3. The quantitative estimate of drug-likeness (QED) is 0.392. The van der Waals surface area contributed by atoms with Crippen molar-refractivity contribution in [3.63, 3.8) is 0 Å². The van der Waals surface area contributed by atoms with E-state index in [1.54, 1.807) is 34.5 Å². The number of nitrogens with two attached hydrogens (primary N) is 1. The summed E-state index contributed by atoms with van der Waals surface area (Å²) in [6.45, 7) is 8.34. The van der Waals surface area contributed by atoms with Gasteiger partial charge in [0.05, 0.1) is 11.6 Å². The Balaban J connectivity index is 1.80. The van der Waals surface area contributed by atoms with Gasteiger partial charge in [-0.3, -0.25) is 15.5 Å². The third-order valence-corrected chi connectivity index (χ3v) is 4.77. The molecule has 2 atom stereocenters. The van der Waals surface area contributed by atoms with Gasteiger partial charge in [0, 0.05) is 25.2 Å². The third kappa shape index (κ3) is 6.67. The number of likely N-dealkylation sites (tertiary alicyclic amines) is 1. The molecular formula is C21H29N6O3+. The van der Waals surface area contributed by atoms with Crippen LogP contribution >= 0.6 is 0 Å². The van der Waals surface area contributed by atoms with Gasteiger partial charge in [0.1, 0.15) is 11.3 Å². The average Bonchev–Trinajstić information content (AvgIpc) is 3.05. The topological polar surface area (TPSA) is 135 Å². The number of rotatable bonds is 4. The number of ether oxygens (including phenoxy) is 1. The summed E-state index contributed by atoms with van der Waals surface area (Å²) in [4.78, 5) is 29.9. The Labute approximate surface area is 176 Å². The number of carbonyl (C=O) groups excluding carboxylic acids is 2. The van der Waals surface area contributed by atoms with Crippen LogP contribution in [0, 0.1) is 22.7 Å². The summed E-state index contributed by atoms with van der Waals surface area (Å²) in [5, 5.41) is 21.0. The van der Waals surface area contributed by atoms with Gasteiger partial charge < -0.3 is 15.0 Å². The van der Waals surface area contributed by atoms with Gasteiger partial charge in [-0.2, -0.15) is 10.3 Å². The van der Waals surface area contributed by atoms with Crippen LogP contribution in [0.4, 0.5) is 10.5 Å². The highest BCUT2D eigenvalue weighted by Crippen LogP contribution is 2.25. The molecule has 160 valence electrons. The van der Waals surface area contributed by atoms with E-state index in [-0.39, 0.29) is 18.1 Å². The van der Waals surface area contributed by atoms with E-state index in [2.05, 4.69) is 10.3 Å². The summed E-state index contributed by atoms with van der Waals surface area (Å²) in [7, 11) is 0. The second kappa shape index (κ2) is 9.98. The van der Waals surface area contributed by atoms with Gasteiger partial charge in [0.25, 0.3) is 5.91 Å². The summed E-state index contributed by atoms with van der Waals surface area (Å²) < 4.78 is 5.42. The molecule has 0 bridgehead atoms. The number of carbonyl (C=O) groups is 2. The molecule has 1 aliphatic heterocycles. The van der Waals surface area contributed by atoms with Gasteiger partial charge in [-0.05, 0) is 52.2 Å². The fourth-order valence-corrected chi connectivity index (χ4v) is 3.13. The molecule has 2 rings (SSSR count). The van der Waals surface area contributed by atoms with Crippen LogP contribution in [0.3, 0.4) is 0 Å². The molecule has 30 heavy (non-hydrogen) atoms. The van der Waals surface area contributed by atoms with Crippen molar-refractivity contribution in [3.8, 4) is 6.07 Å². The third-order valence-electron chi connectivity index (χ3n) is 4.77. The lowest BCUT2D eigenvalue weighted by Gasteiger charge is -2.28. The van der Waals surface area contributed by atoms with Crippen molar-refractivity contribution in [1.29, 1.82) is 10.7 Å². The van der Waals surface area contributed by atoms with Crippen molar-refractivity contribution in [1.82, 2.24) is 10.2 Å². The molecule has 0 aromatic heterocycles. The standard InChI is InChI=1S/C21H28N6O3/c1-14-16(8-9-27(14)20(29)30-21(2,3)4)12-24-19(28)18(23)26-13-25-17-7-5-6-15(10-17)11-22/h5-7,10,13-14,16H,8-9,12H2,1-4H3,(H,24,28)(H2,23,25,26)/p+1/t14-,16?/m1/s1. The highest BCUT2D eigenvalue weighted by molar-refractivity contribution is 6.37. The molecule has 0 spiro atoms. The number of quaternary nitrogens is 1. The number of amides is 2. The lowest BCUT2D eigenvalue weighted by atomic mass is 10.0. The highest BCUT2D eigenvalue weighted by atomic mass is 16.6. The fourth-order valence-electron chi connectivity index (χ4n) is 3.13. The van der Waals surface area contributed by atoms with E-state index in [1.165, 1.54) is 6.34 Å². The number of hydrogen-bond acceptors (Lipinski definition) is 5. The first-order valence-electron chi connectivity index (χ1n) is 9.84. The van der Waals surface area contributed by atoms with Crippen LogP contribution in [0.25, 0.3) is 0 Å². The predicted molar refractivity (Wildman–Crippen MR) is 112 cm³/mol. The van der Waals surface area contributed by atoms with E-state index in [0.29, 0.717) is 18.7 Å². The Hall–Kier alpha value is -3.25. The van der Waals surface area contributed by atoms with Gasteiger partial charge in [-0.1, -0.05) is 6.07 Å². The molecule has 0 aliphatic carbocycles. The number of aliphatic imine (C=N–C) groups is 1. The zero-order chi connectivity index (χ0) is 22.3. The minimum absolute atomic E-state index is 0.0708. The van der Waals surface area contributed by atoms with Crippen LogP contribution in [0.5, 0.6) is 0 Å². The van der Waals surface area contributed by atoms with Gasteiger partial charge in [-0.25, -0.2) is 4.79 Å². The Morgan fingerprint density at radius 2 is 2.20 bits per heavy atom. The number of benzene rings is 1. The van der Waals surface area contributed by atoms with Crippen LogP contribution in [0.2, 0.25) is 0 Å². The summed E-state index contributed by atoms with van der Waals surface area (Å²) in [5.41, 5.74) is 0.729. The second-order valence-electron chi connectivity index (χ2n) is 8.20. The van der Waals surface area contributed by atoms with Crippen LogP contribution in [-0.4, -0.2) is 53.8 Å². The smallest absolute Gasteiger partial charge is 0.410 e. The maximum Gasteiger partial charge on any atom is 0.410 e. The average molecular weight is 414 g/mol. The highest BCUT2D eigenvalue weighted by Gasteiger charge is 2.36. The lowest BCUT2D eigenvalue weighted by Crippen LogP contribution is -2.76. The molecule has 9 nitrogen and oxygen atoms in total. The molecule has 9 heteroatoms. The van der Waals surface area contributed by atoms with Crippen LogP contribution in [-0.2, 0) is 9.53 Å². The molecular weight excluding hydrogens is 384 g/mol. The van der Waals surface area contributed by atoms with Gasteiger partial charge in [-0.15, -0.1) is 0 Å². The summed E-state index contributed by atoms with van der Waals surface area (Å²) in [6.07, 6.45) is 1.76. The molecule has 1 aromatic rings. The minimum atomic E-state index is -0.576. The van der Waals surface area contributed by atoms with Crippen molar-refractivity contribution in [2.45, 2.75) is 45.8 Å². The first kappa shape index (κ1) is 23.0. The predicted octanol–water partition coefficient (Wildman–Crippen LogP) is 1.52. The first-order valence-corrected chi connectivity index (χ1v) is 9.84. The Morgan fingerprint density at radius 1 is 1.47 bits per heavy atom. The van der Waals surface area contributed by atoms with Crippen molar-refractivity contribution >= 4 is 29.9 Å². The molecule has 4 N–H and O–H groups in total. The van der Waals surface area contributed by atoms with E-state index < -0.39 is 17.3 Å². The summed E-state index contributed by atoms with van der Waals surface area (Å²) >= 11 is 0. The van der Waals surface area contributed by atoms with Gasteiger partial charge in [0.2, 0.25) is 5.84 Å². The molecule has 2 amide bonds. The van der Waals surface area contributed by atoms with Crippen molar-refractivity contribution in [3.05, 3.63) is 29.8 Å². The van der Waals surface area contributed by atoms with E-state index in [0.717, 1.165) is 12.1 Å². The monoisotopic (exact) mass is 413 g/mol. The normalized spacial score (nSPS) is 18.8. The van der Waals surface area contributed by atoms with Crippen LogP contribution in [0.15, 0.2) is 29.3 Å². The summed E-state index contributed by atoms with van der Waals surface area (Å²) in [6, 6.07) is 8.91. The van der Waals surface area contributed by atoms with E-state index >= 15 is 0 Å². The zero-order valence-corrected chi connectivity index (χ0v) is 17.8. The van der Waals surface area contributed by atoms with Crippen LogP contribution in [0.1, 0.15) is 39.7 Å². The minimum Gasteiger partial charge on any atom is -0.444 e. The second-order valence-corrected chi connectivity index (χ2v) is 8.20. The Bertz CT molecular complexity index is 868. The first-order chi connectivity index (χ1) is 14.1. The summed E-state index contributed by atoms with van der Waals surface area (Å²) in [5.74, 6) is -0.899. The molecule has 1 unspecified atom stereocenters. The SMILES string of the molecule is C[C@@H]1C(CNC(=O)C(=N)N=C[NH2+]c2cccc(C#N)c2)CCN1C(=O)OC(C)(C)C. The van der Waals surface area contributed by atoms with Crippen molar-refractivity contribution in [2.75, 3.05) is 13.1 Å². The molecule has 1 saturated heterocycles. The Morgan fingerprint density at radius 3 is 2.87 bits per heavy atom.